The Balaban J connectivity index is 1.99. The fourth-order valence-electron chi connectivity index (χ4n) is 5.25. The van der Waals surface area contributed by atoms with Gasteiger partial charge in [-0.2, -0.15) is 0 Å². The van der Waals surface area contributed by atoms with Crippen LogP contribution in [0.5, 0.6) is 0 Å². The van der Waals surface area contributed by atoms with Crippen molar-refractivity contribution in [1.29, 1.82) is 0 Å². The van der Waals surface area contributed by atoms with E-state index in [1.54, 1.807) is 0 Å². The molecule has 0 heterocycles. The summed E-state index contributed by atoms with van der Waals surface area (Å²) in [6.07, 6.45) is 3.89. The Kier molecular flexibility index (Phi) is 2.17. The van der Waals surface area contributed by atoms with Crippen LogP contribution in [0.2, 0.25) is 0 Å². The summed E-state index contributed by atoms with van der Waals surface area (Å²) in [6.45, 7) is 8.66. The van der Waals surface area contributed by atoms with Gasteiger partial charge in [-0.05, 0) is 68.6 Å². The van der Waals surface area contributed by atoms with Gasteiger partial charge in [-0.1, -0.05) is 13.8 Å². The van der Waals surface area contributed by atoms with Gasteiger partial charge in [0.05, 0.1) is 11.2 Å². The molecule has 6 atom stereocenters. The van der Waals surface area contributed by atoms with Crippen molar-refractivity contribution in [3.63, 3.8) is 0 Å². The van der Waals surface area contributed by atoms with Gasteiger partial charge in [0.1, 0.15) is 0 Å². The second kappa shape index (κ2) is 3.08. The van der Waals surface area contributed by atoms with Crippen molar-refractivity contribution in [2.45, 2.75) is 64.6 Å². The molecule has 3 aliphatic rings. The van der Waals surface area contributed by atoms with Gasteiger partial charge >= 0.3 is 0 Å². The van der Waals surface area contributed by atoms with Crippen LogP contribution in [0.1, 0.15) is 53.4 Å². The SMILES string of the molecule is CC1(C)[C@H]2[C@@H]3[C@@H](CC[C@@]3(C)O)[C@@](C)(O)CC[C@H]21. The molecule has 3 rings (SSSR count). The fraction of sp³-hybridized carbons (Fsp3) is 1.00. The molecule has 3 fully saturated rings. The molecule has 0 radical (unpaired) electrons. The second-order valence-corrected chi connectivity index (χ2v) is 7.88. The Morgan fingerprint density at radius 2 is 1.29 bits per heavy atom. The number of hydrogen-bond acceptors (Lipinski definition) is 2. The summed E-state index contributed by atoms with van der Waals surface area (Å²) >= 11 is 0. The van der Waals surface area contributed by atoms with Crippen LogP contribution in [-0.2, 0) is 0 Å². The predicted molar refractivity (Wildman–Crippen MR) is 67.5 cm³/mol. The van der Waals surface area contributed by atoms with Crippen LogP contribution >= 0.6 is 0 Å². The van der Waals surface area contributed by atoms with E-state index in [9.17, 15) is 10.2 Å². The zero-order chi connectivity index (χ0) is 12.6. The predicted octanol–water partition coefficient (Wildman–Crippen LogP) is 2.58. The molecule has 98 valence electrons. The third-order valence-electron chi connectivity index (χ3n) is 6.40. The average molecular weight is 238 g/mol. The van der Waals surface area contributed by atoms with Gasteiger partial charge in [-0.25, -0.2) is 0 Å². The fourth-order valence-corrected chi connectivity index (χ4v) is 5.25. The molecular weight excluding hydrogens is 212 g/mol. The first-order chi connectivity index (χ1) is 7.68. The summed E-state index contributed by atoms with van der Waals surface area (Å²) in [5.41, 5.74) is -0.738. The summed E-state index contributed by atoms with van der Waals surface area (Å²) in [4.78, 5) is 0. The van der Waals surface area contributed by atoms with E-state index in [2.05, 4.69) is 13.8 Å². The zero-order valence-corrected chi connectivity index (χ0v) is 11.5. The molecule has 0 aromatic rings. The first-order valence-corrected chi connectivity index (χ1v) is 7.13. The maximum atomic E-state index is 10.7. The Bertz CT molecular complexity index is 343. The summed E-state index contributed by atoms with van der Waals surface area (Å²) in [7, 11) is 0. The van der Waals surface area contributed by atoms with Crippen molar-refractivity contribution in [3.8, 4) is 0 Å². The Labute approximate surface area is 104 Å². The van der Waals surface area contributed by atoms with Crippen LogP contribution in [0.25, 0.3) is 0 Å². The van der Waals surface area contributed by atoms with Gasteiger partial charge in [-0.3, -0.25) is 0 Å². The average Bonchev–Trinajstić information content (AvgIpc) is 2.59. The molecule has 2 N–H and O–H groups in total. The van der Waals surface area contributed by atoms with E-state index in [0.29, 0.717) is 29.1 Å². The molecule has 2 heteroatoms. The van der Waals surface area contributed by atoms with Crippen molar-refractivity contribution in [1.82, 2.24) is 0 Å². The molecule has 3 saturated carbocycles. The Hall–Kier alpha value is -0.0800. The van der Waals surface area contributed by atoms with Crippen molar-refractivity contribution < 1.29 is 10.2 Å². The minimum atomic E-state index is -0.561. The third-order valence-corrected chi connectivity index (χ3v) is 6.40. The molecule has 17 heavy (non-hydrogen) atoms. The number of aliphatic hydroxyl groups is 2. The smallest absolute Gasteiger partial charge is 0.0654 e. The van der Waals surface area contributed by atoms with Crippen LogP contribution in [0, 0.1) is 29.1 Å². The number of hydrogen-bond donors (Lipinski definition) is 2. The van der Waals surface area contributed by atoms with Gasteiger partial charge in [0.25, 0.3) is 0 Å². The molecular formula is C15H26O2. The lowest BCUT2D eigenvalue weighted by molar-refractivity contribution is -0.0663. The molecule has 0 aliphatic heterocycles. The van der Waals surface area contributed by atoms with E-state index >= 15 is 0 Å². The first kappa shape index (κ1) is 12.0. The quantitative estimate of drug-likeness (QED) is 0.681. The summed E-state index contributed by atoms with van der Waals surface area (Å²) in [6, 6.07) is 0. The van der Waals surface area contributed by atoms with Crippen molar-refractivity contribution in [2.75, 3.05) is 0 Å². The Morgan fingerprint density at radius 3 is 1.94 bits per heavy atom. The molecule has 0 aromatic heterocycles. The van der Waals surface area contributed by atoms with E-state index in [4.69, 9.17) is 0 Å². The van der Waals surface area contributed by atoms with E-state index in [0.717, 1.165) is 25.7 Å². The van der Waals surface area contributed by atoms with Gasteiger partial charge in [0.2, 0.25) is 0 Å². The zero-order valence-electron chi connectivity index (χ0n) is 11.5. The van der Waals surface area contributed by atoms with Gasteiger partial charge in [0, 0.05) is 0 Å². The minimum absolute atomic E-state index is 0.300. The van der Waals surface area contributed by atoms with E-state index in [1.165, 1.54) is 0 Å². The standard InChI is InChI=1S/C15H26O2/c1-13(2)9-5-7-14(3,16)10-6-8-15(4,17)12(10)11(9)13/h9-12,16-17H,5-8H2,1-4H3/t9-,10-,11-,12+,14+,15-/m1/s1. The van der Waals surface area contributed by atoms with Crippen molar-refractivity contribution in [2.24, 2.45) is 29.1 Å². The molecule has 3 aliphatic carbocycles. The van der Waals surface area contributed by atoms with E-state index in [1.807, 2.05) is 13.8 Å². The second-order valence-electron chi connectivity index (χ2n) is 7.88. The lowest BCUT2D eigenvalue weighted by Crippen LogP contribution is -2.43. The number of fused-ring (bicyclic) bond motifs is 3. The van der Waals surface area contributed by atoms with Gasteiger partial charge < -0.3 is 10.2 Å². The monoisotopic (exact) mass is 238 g/mol. The highest BCUT2D eigenvalue weighted by Crippen LogP contribution is 2.71. The lowest BCUT2D eigenvalue weighted by atomic mass is 9.73. The molecule has 0 amide bonds. The topological polar surface area (TPSA) is 40.5 Å². The normalized spacial score (nSPS) is 60.4. The molecule has 0 aromatic carbocycles. The molecule has 0 saturated heterocycles. The van der Waals surface area contributed by atoms with Crippen molar-refractivity contribution in [3.05, 3.63) is 0 Å². The largest absolute Gasteiger partial charge is 0.390 e. The minimum Gasteiger partial charge on any atom is -0.390 e. The van der Waals surface area contributed by atoms with E-state index < -0.39 is 11.2 Å². The lowest BCUT2D eigenvalue weighted by Gasteiger charge is -2.37. The van der Waals surface area contributed by atoms with Gasteiger partial charge in [0.15, 0.2) is 0 Å². The molecule has 2 nitrogen and oxygen atoms in total. The molecule has 0 spiro atoms. The van der Waals surface area contributed by atoms with Crippen LogP contribution in [0.4, 0.5) is 0 Å². The summed E-state index contributed by atoms with van der Waals surface area (Å²) in [5, 5.41) is 21.3. The number of rotatable bonds is 0. The molecule has 0 bridgehead atoms. The van der Waals surface area contributed by atoms with Crippen molar-refractivity contribution >= 4 is 0 Å². The van der Waals surface area contributed by atoms with Crippen LogP contribution in [0.15, 0.2) is 0 Å². The van der Waals surface area contributed by atoms with Crippen LogP contribution in [0.3, 0.4) is 0 Å². The summed E-state index contributed by atoms with van der Waals surface area (Å²) in [5.74, 6) is 1.95. The van der Waals surface area contributed by atoms with Crippen LogP contribution < -0.4 is 0 Å². The highest BCUT2D eigenvalue weighted by molar-refractivity contribution is 5.18. The van der Waals surface area contributed by atoms with Gasteiger partial charge in [-0.15, -0.1) is 0 Å². The third kappa shape index (κ3) is 1.46. The van der Waals surface area contributed by atoms with E-state index in [-0.39, 0.29) is 0 Å². The molecule has 0 unspecified atom stereocenters. The maximum absolute atomic E-state index is 10.7. The highest BCUT2D eigenvalue weighted by atomic mass is 16.3. The Morgan fingerprint density at radius 1 is 0.765 bits per heavy atom. The summed E-state index contributed by atoms with van der Waals surface area (Å²) < 4.78 is 0. The maximum Gasteiger partial charge on any atom is 0.0654 e. The van der Waals surface area contributed by atoms with Crippen LogP contribution in [-0.4, -0.2) is 21.4 Å². The highest BCUT2D eigenvalue weighted by Gasteiger charge is 2.69. The first-order valence-electron chi connectivity index (χ1n) is 7.13.